The van der Waals surface area contributed by atoms with Gasteiger partial charge < -0.3 is 14.8 Å². The molecule has 0 saturated carbocycles. The van der Waals surface area contributed by atoms with Gasteiger partial charge in [0.05, 0.1) is 18.3 Å². The summed E-state index contributed by atoms with van der Waals surface area (Å²) in [5.74, 6) is 1.11. The maximum absolute atomic E-state index is 15.1. The minimum Gasteiger partial charge on any atom is -0.481 e. The van der Waals surface area contributed by atoms with Gasteiger partial charge in [-0.15, -0.1) is 10.2 Å². The highest BCUT2D eigenvalue weighted by Gasteiger charge is 2.14. The van der Waals surface area contributed by atoms with E-state index in [4.69, 9.17) is 9.47 Å². The van der Waals surface area contributed by atoms with E-state index in [1.54, 1.807) is 37.6 Å². The number of pyridine rings is 2. The molecule has 0 aliphatic heterocycles. The summed E-state index contributed by atoms with van der Waals surface area (Å²) in [6.07, 6.45) is 1.64. The third-order valence-electron chi connectivity index (χ3n) is 5.89. The molecule has 1 N–H and O–H groups in total. The van der Waals surface area contributed by atoms with Crippen LogP contribution in [0.2, 0.25) is 0 Å². The molecule has 6 aromatic rings. The Labute approximate surface area is 211 Å². The molecule has 8 heteroatoms. The SMILES string of the molecule is COc1cccc(-c2nnc(Nc3ccc(Oc4ccnc5ccccc45)c(F)c3)c3ccccc23)n1. The van der Waals surface area contributed by atoms with Gasteiger partial charge >= 0.3 is 0 Å². The lowest BCUT2D eigenvalue weighted by Gasteiger charge is -2.13. The number of halogens is 1. The molecule has 0 unspecified atom stereocenters. The minimum absolute atomic E-state index is 0.109. The number of nitrogens with one attached hydrogen (secondary N) is 1. The van der Waals surface area contributed by atoms with Crippen LogP contribution in [0.3, 0.4) is 0 Å². The van der Waals surface area contributed by atoms with E-state index < -0.39 is 5.82 Å². The van der Waals surface area contributed by atoms with Crippen molar-refractivity contribution in [2.75, 3.05) is 12.4 Å². The van der Waals surface area contributed by atoms with E-state index in [1.807, 2.05) is 60.7 Å². The fraction of sp³-hybridized carbons (Fsp3) is 0.0345. The van der Waals surface area contributed by atoms with Gasteiger partial charge in [-0.2, -0.15) is 0 Å². The van der Waals surface area contributed by atoms with Crippen LogP contribution in [0.25, 0.3) is 33.1 Å². The van der Waals surface area contributed by atoms with Crippen LogP contribution >= 0.6 is 0 Å². The Kier molecular flexibility index (Phi) is 5.74. The summed E-state index contributed by atoms with van der Waals surface area (Å²) in [4.78, 5) is 8.81. The molecule has 0 aliphatic rings. The summed E-state index contributed by atoms with van der Waals surface area (Å²) in [7, 11) is 1.57. The Hall–Kier alpha value is -5.11. The monoisotopic (exact) mass is 489 g/mol. The molecule has 0 radical (unpaired) electrons. The zero-order valence-electron chi connectivity index (χ0n) is 19.7. The van der Waals surface area contributed by atoms with Crippen molar-refractivity contribution < 1.29 is 13.9 Å². The molecule has 0 aliphatic carbocycles. The number of fused-ring (bicyclic) bond motifs is 2. The van der Waals surface area contributed by atoms with Gasteiger partial charge in [0.2, 0.25) is 5.88 Å². The van der Waals surface area contributed by atoms with Crippen molar-refractivity contribution in [3.63, 3.8) is 0 Å². The number of hydrogen-bond donors (Lipinski definition) is 1. The van der Waals surface area contributed by atoms with E-state index in [0.717, 1.165) is 21.7 Å². The van der Waals surface area contributed by atoms with Gasteiger partial charge in [-0.05, 0) is 36.4 Å². The molecule has 0 fully saturated rings. The maximum Gasteiger partial charge on any atom is 0.213 e. The first kappa shape index (κ1) is 22.4. The molecule has 3 aromatic heterocycles. The third-order valence-corrected chi connectivity index (χ3v) is 5.89. The van der Waals surface area contributed by atoms with Crippen molar-refractivity contribution in [2.24, 2.45) is 0 Å². The lowest BCUT2D eigenvalue weighted by molar-refractivity contribution is 0.398. The normalized spacial score (nSPS) is 11.0. The predicted molar refractivity (Wildman–Crippen MR) is 141 cm³/mol. The molecular weight excluding hydrogens is 469 g/mol. The van der Waals surface area contributed by atoms with Crippen molar-refractivity contribution in [1.29, 1.82) is 0 Å². The quantitative estimate of drug-likeness (QED) is 0.272. The van der Waals surface area contributed by atoms with Crippen molar-refractivity contribution in [3.05, 3.63) is 103 Å². The Morgan fingerprint density at radius 1 is 0.757 bits per heavy atom. The Bertz CT molecular complexity index is 1750. The van der Waals surface area contributed by atoms with Gasteiger partial charge in [0, 0.05) is 40.2 Å². The molecule has 3 aromatic carbocycles. The second-order valence-electron chi connectivity index (χ2n) is 8.21. The average molecular weight is 490 g/mol. The highest BCUT2D eigenvalue weighted by molar-refractivity contribution is 6.00. The third kappa shape index (κ3) is 4.36. The van der Waals surface area contributed by atoms with E-state index in [0.29, 0.717) is 34.5 Å². The number of nitrogens with zero attached hydrogens (tertiary/aromatic N) is 4. The molecular formula is C29H20FN5O2. The fourth-order valence-corrected chi connectivity index (χ4v) is 4.12. The molecule has 0 amide bonds. The van der Waals surface area contributed by atoms with Gasteiger partial charge in [-0.25, -0.2) is 9.37 Å². The molecule has 0 bridgehead atoms. The highest BCUT2D eigenvalue weighted by atomic mass is 19.1. The van der Waals surface area contributed by atoms with Crippen molar-refractivity contribution in [2.45, 2.75) is 0 Å². The summed E-state index contributed by atoms with van der Waals surface area (Å²) < 4.78 is 26.2. The topological polar surface area (TPSA) is 82.1 Å². The number of hydrogen-bond acceptors (Lipinski definition) is 7. The van der Waals surface area contributed by atoms with Crippen LogP contribution < -0.4 is 14.8 Å². The molecule has 0 saturated heterocycles. The lowest BCUT2D eigenvalue weighted by atomic mass is 10.1. The summed E-state index contributed by atoms with van der Waals surface area (Å²) >= 11 is 0. The predicted octanol–water partition coefficient (Wildman–Crippen LogP) is 6.92. The van der Waals surface area contributed by atoms with E-state index >= 15 is 4.39 Å². The largest absolute Gasteiger partial charge is 0.481 e. The van der Waals surface area contributed by atoms with Crippen LogP contribution in [-0.2, 0) is 0 Å². The van der Waals surface area contributed by atoms with Gasteiger partial charge in [0.1, 0.15) is 11.4 Å². The van der Waals surface area contributed by atoms with Crippen molar-refractivity contribution in [3.8, 4) is 28.8 Å². The number of rotatable bonds is 6. The number of para-hydroxylation sites is 1. The minimum atomic E-state index is -0.514. The van der Waals surface area contributed by atoms with Crippen molar-refractivity contribution >= 4 is 33.2 Å². The Morgan fingerprint density at radius 3 is 2.41 bits per heavy atom. The number of anilines is 2. The summed E-state index contributed by atoms with van der Waals surface area (Å²) in [6.45, 7) is 0. The lowest BCUT2D eigenvalue weighted by Crippen LogP contribution is -2.01. The van der Waals surface area contributed by atoms with E-state index in [-0.39, 0.29) is 5.75 Å². The first-order valence-electron chi connectivity index (χ1n) is 11.5. The summed E-state index contributed by atoms with van der Waals surface area (Å²) in [5.41, 5.74) is 2.55. The van der Waals surface area contributed by atoms with Crippen LogP contribution in [0.1, 0.15) is 0 Å². The second-order valence-corrected chi connectivity index (χ2v) is 8.21. The van der Waals surface area contributed by atoms with Crippen LogP contribution in [0.15, 0.2) is 97.2 Å². The van der Waals surface area contributed by atoms with Crippen LogP contribution in [-0.4, -0.2) is 27.3 Å². The Balaban J connectivity index is 1.31. The van der Waals surface area contributed by atoms with Gasteiger partial charge in [-0.1, -0.05) is 42.5 Å². The van der Waals surface area contributed by atoms with Gasteiger partial charge in [-0.3, -0.25) is 4.98 Å². The molecule has 3 heterocycles. The zero-order valence-corrected chi connectivity index (χ0v) is 19.7. The highest BCUT2D eigenvalue weighted by Crippen LogP contribution is 2.34. The number of methoxy groups -OCH3 is 1. The number of aromatic nitrogens is 4. The van der Waals surface area contributed by atoms with Gasteiger partial charge in [0.15, 0.2) is 17.4 Å². The number of ether oxygens (including phenoxy) is 2. The number of benzene rings is 3. The smallest absolute Gasteiger partial charge is 0.213 e. The molecule has 6 rings (SSSR count). The van der Waals surface area contributed by atoms with Gasteiger partial charge in [0.25, 0.3) is 0 Å². The molecule has 7 nitrogen and oxygen atoms in total. The van der Waals surface area contributed by atoms with Crippen molar-refractivity contribution in [1.82, 2.24) is 20.2 Å². The molecule has 0 atom stereocenters. The standard InChI is InChI=1S/C29H20FN5O2/c1-36-27-12-6-11-24(33-27)28-19-7-2-3-8-20(19)29(35-34-28)32-18-13-14-26(22(30)17-18)37-25-15-16-31-23-10-5-4-9-21(23)25/h2-17H,1H3,(H,32,35). The van der Waals surface area contributed by atoms with Crippen LogP contribution in [0.4, 0.5) is 15.9 Å². The molecule has 0 spiro atoms. The van der Waals surface area contributed by atoms with E-state index in [2.05, 4.69) is 25.5 Å². The fourth-order valence-electron chi connectivity index (χ4n) is 4.12. The average Bonchev–Trinajstić information content (AvgIpc) is 2.95. The second kappa shape index (κ2) is 9.50. The molecule has 37 heavy (non-hydrogen) atoms. The van der Waals surface area contributed by atoms with Crippen LogP contribution in [0, 0.1) is 5.82 Å². The Morgan fingerprint density at radius 2 is 1.57 bits per heavy atom. The van der Waals surface area contributed by atoms with Crippen LogP contribution in [0.5, 0.6) is 17.4 Å². The summed E-state index contributed by atoms with van der Waals surface area (Å²) in [5, 5.41) is 14.5. The summed E-state index contributed by atoms with van der Waals surface area (Å²) in [6, 6.07) is 27.1. The first-order valence-corrected chi connectivity index (χ1v) is 11.5. The van der Waals surface area contributed by atoms with E-state index in [1.165, 1.54) is 6.07 Å². The first-order chi connectivity index (χ1) is 18.2. The maximum atomic E-state index is 15.1. The molecule has 180 valence electrons. The zero-order chi connectivity index (χ0) is 25.2. The van der Waals surface area contributed by atoms with E-state index in [9.17, 15) is 0 Å².